The van der Waals surface area contributed by atoms with Crippen molar-refractivity contribution in [1.29, 1.82) is 0 Å². The van der Waals surface area contributed by atoms with Gasteiger partial charge in [-0.1, -0.05) is 71.6 Å². The molecule has 4 fully saturated rings. The van der Waals surface area contributed by atoms with Crippen LogP contribution in [0.25, 0.3) is 0 Å². The molecule has 4 atom stereocenters. The maximum atomic E-state index is 14.5. The number of para-hydroxylation sites is 1. The molecule has 0 aromatic heterocycles. The number of benzene rings is 1. The van der Waals surface area contributed by atoms with E-state index in [1.807, 2.05) is 45.9 Å². The van der Waals surface area contributed by atoms with Crippen LogP contribution in [-0.2, 0) is 28.7 Å². The van der Waals surface area contributed by atoms with Gasteiger partial charge in [0.15, 0.2) is 5.60 Å². The zero-order chi connectivity index (χ0) is 34.6. The molecule has 2 unspecified atom stereocenters. The van der Waals surface area contributed by atoms with Gasteiger partial charge in [-0.15, -0.1) is 0 Å². The monoisotopic (exact) mass is 665 g/mol. The summed E-state index contributed by atoms with van der Waals surface area (Å²) >= 11 is 0. The molecule has 3 N–H and O–H groups in total. The highest BCUT2D eigenvalue weighted by atomic mass is 16.6. The van der Waals surface area contributed by atoms with E-state index in [9.17, 15) is 28.8 Å². The fourth-order valence-corrected chi connectivity index (χ4v) is 7.19. The van der Waals surface area contributed by atoms with Crippen molar-refractivity contribution in [3.05, 3.63) is 30.3 Å². The molecule has 1 aromatic carbocycles. The maximum absolute atomic E-state index is 14.5. The molecule has 262 valence electrons. The van der Waals surface area contributed by atoms with Crippen molar-refractivity contribution in [3.8, 4) is 0 Å². The summed E-state index contributed by atoms with van der Waals surface area (Å²) in [7, 11) is 0. The Morgan fingerprint density at radius 2 is 1.65 bits per heavy atom. The number of likely N-dealkylation sites (tertiary alicyclic amines) is 1. The molecule has 1 spiro atoms. The molecule has 4 aliphatic rings. The van der Waals surface area contributed by atoms with Crippen molar-refractivity contribution in [3.63, 3.8) is 0 Å². The van der Waals surface area contributed by atoms with Gasteiger partial charge in [0.2, 0.25) is 23.5 Å². The smallest absolute Gasteiger partial charge is 0.415 e. The van der Waals surface area contributed by atoms with Crippen LogP contribution in [0.3, 0.4) is 0 Å². The zero-order valence-electron chi connectivity index (χ0n) is 28.7. The lowest BCUT2D eigenvalue weighted by Crippen LogP contribution is -2.59. The summed E-state index contributed by atoms with van der Waals surface area (Å²) in [6.07, 6.45) is 7.48. The highest BCUT2D eigenvalue weighted by molar-refractivity contribution is 6.38. The van der Waals surface area contributed by atoms with Gasteiger partial charge in [0.05, 0.1) is 19.1 Å². The van der Waals surface area contributed by atoms with E-state index in [2.05, 4.69) is 16.0 Å². The third-order valence-electron chi connectivity index (χ3n) is 9.99. The first kappa shape index (κ1) is 35.3. The topological polar surface area (TPSA) is 154 Å². The second-order valence-electron chi connectivity index (χ2n) is 15.2. The Morgan fingerprint density at radius 3 is 2.27 bits per heavy atom. The first-order valence-corrected chi connectivity index (χ1v) is 17.6. The molecule has 5 amide bonds. The van der Waals surface area contributed by atoms with Crippen LogP contribution >= 0.6 is 0 Å². The van der Waals surface area contributed by atoms with Crippen molar-refractivity contribution < 1.29 is 33.5 Å². The van der Waals surface area contributed by atoms with Gasteiger partial charge < -0.3 is 25.6 Å². The lowest BCUT2D eigenvalue weighted by molar-refractivity contribution is -0.145. The molecule has 2 heterocycles. The second-order valence-corrected chi connectivity index (χ2v) is 15.2. The van der Waals surface area contributed by atoms with E-state index in [1.54, 1.807) is 12.1 Å². The Labute approximate surface area is 283 Å². The SMILES string of the molecule is CCCC(NC(=O)[C@@H]1C[C@]2(CN(c3ccccc3)C(=O)O2)CN1C(=O)C(NC(=O)CC1CCCCC1)C(C)(C)C)C(=O)C(=O)NC1CC1. The van der Waals surface area contributed by atoms with Gasteiger partial charge in [-0.3, -0.25) is 28.9 Å². The highest BCUT2D eigenvalue weighted by Gasteiger charge is 2.58. The number of nitrogens with zero attached hydrogens (tertiary/aromatic N) is 2. The molecule has 0 radical (unpaired) electrons. The molecule has 2 saturated carbocycles. The summed E-state index contributed by atoms with van der Waals surface area (Å²) in [6.45, 7) is 7.47. The summed E-state index contributed by atoms with van der Waals surface area (Å²) in [4.78, 5) is 83.8. The van der Waals surface area contributed by atoms with E-state index in [-0.39, 0.29) is 43.8 Å². The number of Topliss-reactive ketones (excluding diaryl/α,β-unsaturated/α-hetero) is 1. The lowest BCUT2D eigenvalue weighted by atomic mass is 9.84. The Morgan fingerprint density at radius 1 is 0.958 bits per heavy atom. The highest BCUT2D eigenvalue weighted by Crippen LogP contribution is 2.39. The van der Waals surface area contributed by atoms with Gasteiger partial charge in [0.25, 0.3) is 5.91 Å². The van der Waals surface area contributed by atoms with Crippen LogP contribution in [-0.4, -0.2) is 83.3 Å². The largest absolute Gasteiger partial charge is 0.439 e. The number of carbonyl (C=O) groups excluding carboxylic acids is 6. The van der Waals surface area contributed by atoms with Crippen LogP contribution in [0.1, 0.15) is 98.3 Å². The van der Waals surface area contributed by atoms with Crippen molar-refractivity contribution >= 4 is 41.2 Å². The van der Waals surface area contributed by atoms with Crippen LogP contribution < -0.4 is 20.9 Å². The van der Waals surface area contributed by atoms with Gasteiger partial charge in [-0.05, 0) is 55.6 Å². The quantitative estimate of drug-likeness (QED) is 0.288. The molecular formula is C36H51N5O7. The van der Waals surface area contributed by atoms with Crippen molar-refractivity contribution in [2.45, 2.75) is 128 Å². The van der Waals surface area contributed by atoms with E-state index in [0.717, 1.165) is 38.5 Å². The molecule has 2 aliphatic heterocycles. The predicted molar refractivity (Wildman–Crippen MR) is 179 cm³/mol. The molecule has 5 rings (SSSR count). The fraction of sp³-hybridized carbons (Fsp3) is 0.667. The third kappa shape index (κ3) is 8.36. The maximum Gasteiger partial charge on any atom is 0.415 e. The van der Waals surface area contributed by atoms with E-state index in [0.29, 0.717) is 18.5 Å². The average Bonchev–Trinajstić information content (AvgIpc) is 3.70. The van der Waals surface area contributed by atoms with Crippen molar-refractivity contribution in [2.75, 3.05) is 18.0 Å². The van der Waals surface area contributed by atoms with Crippen molar-refractivity contribution in [2.24, 2.45) is 11.3 Å². The number of ketones is 1. The van der Waals surface area contributed by atoms with E-state index >= 15 is 0 Å². The van der Waals surface area contributed by atoms with Crippen LogP contribution in [0.5, 0.6) is 0 Å². The summed E-state index contributed by atoms with van der Waals surface area (Å²) in [5, 5.41) is 8.46. The average molecular weight is 666 g/mol. The fourth-order valence-electron chi connectivity index (χ4n) is 7.19. The van der Waals surface area contributed by atoms with Gasteiger partial charge in [-0.25, -0.2) is 4.79 Å². The normalized spacial score (nSPS) is 24.2. The summed E-state index contributed by atoms with van der Waals surface area (Å²) in [5.41, 5.74) is -1.28. The number of rotatable bonds is 12. The van der Waals surface area contributed by atoms with Crippen molar-refractivity contribution in [1.82, 2.24) is 20.9 Å². The van der Waals surface area contributed by atoms with Crippen LogP contribution in [0.15, 0.2) is 30.3 Å². The molecule has 12 nitrogen and oxygen atoms in total. The van der Waals surface area contributed by atoms with Gasteiger partial charge in [0, 0.05) is 24.6 Å². The minimum absolute atomic E-state index is 0.00611. The number of hydrogen-bond acceptors (Lipinski definition) is 7. The summed E-state index contributed by atoms with van der Waals surface area (Å²) in [6, 6.07) is 5.86. The second kappa shape index (κ2) is 14.7. The lowest BCUT2D eigenvalue weighted by Gasteiger charge is -2.36. The van der Waals surface area contributed by atoms with Crippen LogP contribution in [0.4, 0.5) is 10.5 Å². The van der Waals surface area contributed by atoms with E-state index in [4.69, 9.17) is 4.74 Å². The molecular weight excluding hydrogens is 614 g/mol. The molecule has 1 aromatic rings. The Bertz CT molecular complexity index is 1380. The van der Waals surface area contributed by atoms with Crippen LogP contribution in [0, 0.1) is 11.3 Å². The van der Waals surface area contributed by atoms with Gasteiger partial charge in [-0.2, -0.15) is 0 Å². The van der Waals surface area contributed by atoms with E-state index < -0.39 is 58.7 Å². The number of nitrogens with one attached hydrogen (secondary N) is 3. The zero-order valence-corrected chi connectivity index (χ0v) is 28.7. The summed E-state index contributed by atoms with van der Waals surface area (Å²) < 4.78 is 5.97. The molecule has 0 bridgehead atoms. The Balaban J connectivity index is 1.40. The summed E-state index contributed by atoms with van der Waals surface area (Å²) in [5.74, 6) is -2.47. The minimum atomic E-state index is -1.20. The number of ether oxygens (including phenoxy) is 1. The van der Waals surface area contributed by atoms with E-state index in [1.165, 1.54) is 16.2 Å². The minimum Gasteiger partial charge on any atom is -0.439 e. The van der Waals surface area contributed by atoms with Gasteiger partial charge in [0.1, 0.15) is 12.1 Å². The number of carbonyl (C=O) groups is 6. The first-order chi connectivity index (χ1) is 22.8. The Kier molecular flexibility index (Phi) is 10.8. The molecule has 2 saturated heterocycles. The molecule has 12 heteroatoms. The van der Waals surface area contributed by atoms with Gasteiger partial charge >= 0.3 is 6.09 Å². The Hall–Kier alpha value is -3.96. The first-order valence-electron chi connectivity index (χ1n) is 17.6. The third-order valence-corrected chi connectivity index (χ3v) is 9.99. The predicted octanol–water partition coefficient (Wildman–Crippen LogP) is 3.62. The number of amides is 5. The number of hydrogen-bond donors (Lipinski definition) is 3. The number of anilines is 1. The standard InChI is InChI=1S/C36H51N5O7/c1-5-12-26(29(43)32(45)37-24-17-18-24)38-31(44)27-20-36(21-40(34(47)48-36)25-15-10-7-11-16-25)22-41(27)33(46)30(35(2,3)4)39-28(42)19-23-13-8-6-9-14-23/h7,10-11,15-16,23-24,26-27,30H,5-6,8-9,12-14,17-22H2,1-4H3,(H,37,45)(H,38,44)(H,39,42)/t26?,27-,30?,36-/m0/s1. The molecule has 48 heavy (non-hydrogen) atoms. The molecule has 2 aliphatic carbocycles. The van der Waals surface area contributed by atoms with Crippen LogP contribution in [0.2, 0.25) is 0 Å².